The van der Waals surface area contributed by atoms with E-state index in [1.807, 2.05) is 6.07 Å². The Kier molecular flexibility index (Phi) is 3.35. The van der Waals surface area contributed by atoms with E-state index in [1.54, 1.807) is 12.1 Å². The highest BCUT2D eigenvalue weighted by Gasteiger charge is 2.66. The maximum atomic E-state index is 11.1. The molecule has 2 N–H and O–H groups in total. The summed E-state index contributed by atoms with van der Waals surface area (Å²) in [4.78, 5) is 12.5. The molecule has 20 heavy (non-hydrogen) atoms. The first kappa shape index (κ1) is 14.0. The van der Waals surface area contributed by atoms with Gasteiger partial charge in [0.15, 0.2) is 0 Å². The molecule has 2 aliphatic rings. The number of rotatable bonds is 2. The van der Waals surface area contributed by atoms with E-state index in [9.17, 15) is 9.90 Å². The molecule has 4 nitrogen and oxygen atoms in total. The summed E-state index contributed by atoms with van der Waals surface area (Å²) >= 11 is 12.0. The lowest BCUT2D eigenvalue weighted by molar-refractivity contribution is 0.133. The number of fused-ring (bicyclic) bond motifs is 1. The number of hydrogen-bond acceptors (Lipinski definition) is 2. The molecular formula is C14H15Cl2NO3. The molecular weight excluding hydrogens is 301 g/mol. The summed E-state index contributed by atoms with van der Waals surface area (Å²) in [5.74, 6) is 0.481. The summed E-state index contributed by atoms with van der Waals surface area (Å²) in [6.45, 7) is 1.01. The van der Waals surface area contributed by atoms with Crippen molar-refractivity contribution >= 4 is 29.3 Å². The van der Waals surface area contributed by atoms with Crippen LogP contribution in [0.25, 0.3) is 0 Å². The van der Waals surface area contributed by atoms with Gasteiger partial charge < -0.3 is 15.1 Å². The Labute approximate surface area is 126 Å². The lowest BCUT2D eigenvalue weighted by Crippen LogP contribution is -2.35. The van der Waals surface area contributed by atoms with Crippen LogP contribution in [0, 0.1) is 11.8 Å². The number of amides is 1. The zero-order chi connectivity index (χ0) is 14.5. The third kappa shape index (κ3) is 1.90. The fraction of sp³-hybridized carbons (Fsp3) is 0.500. The normalized spacial score (nSPS) is 31.9. The molecule has 1 aromatic carbocycles. The molecule has 1 amide bonds. The predicted octanol–water partition coefficient (Wildman–Crippen LogP) is 2.85. The first-order valence-electron chi connectivity index (χ1n) is 6.55. The fourth-order valence-corrected chi connectivity index (χ4v) is 3.99. The molecule has 3 rings (SSSR count). The van der Waals surface area contributed by atoms with E-state index in [0.717, 1.165) is 12.0 Å². The molecule has 2 fully saturated rings. The van der Waals surface area contributed by atoms with Crippen LogP contribution < -0.4 is 0 Å². The van der Waals surface area contributed by atoms with Gasteiger partial charge in [-0.05, 0) is 36.0 Å². The van der Waals surface area contributed by atoms with Crippen LogP contribution in [0.3, 0.4) is 0 Å². The molecule has 0 spiro atoms. The van der Waals surface area contributed by atoms with Gasteiger partial charge in [0.05, 0.1) is 16.7 Å². The highest BCUT2D eigenvalue weighted by Crippen LogP contribution is 2.63. The lowest BCUT2D eigenvalue weighted by Gasteiger charge is -2.22. The SMILES string of the molecule is O=C(O)N1CC[C@H]2[C@@H](C1)[C@]2(CO)c1ccc(Cl)c(Cl)c1. The van der Waals surface area contributed by atoms with Crippen molar-refractivity contribution in [2.75, 3.05) is 19.7 Å². The molecule has 6 heteroatoms. The van der Waals surface area contributed by atoms with E-state index >= 15 is 0 Å². The van der Waals surface area contributed by atoms with Gasteiger partial charge in [-0.3, -0.25) is 0 Å². The van der Waals surface area contributed by atoms with Gasteiger partial charge >= 0.3 is 6.09 Å². The van der Waals surface area contributed by atoms with Crippen molar-refractivity contribution in [1.29, 1.82) is 0 Å². The summed E-state index contributed by atoms with van der Waals surface area (Å²) in [6.07, 6.45) is -0.117. The molecule has 0 bridgehead atoms. The Morgan fingerprint density at radius 3 is 2.70 bits per heavy atom. The fourth-order valence-electron chi connectivity index (χ4n) is 3.69. The molecule has 1 aliphatic heterocycles. The minimum absolute atomic E-state index is 0.00769. The Bertz CT molecular complexity index is 565. The van der Waals surface area contributed by atoms with Crippen molar-refractivity contribution < 1.29 is 15.0 Å². The van der Waals surface area contributed by atoms with E-state index in [4.69, 9.17) is 28.3 Å². The van der Waals surface area contributed by atoms with Crippen LogP contribution in [0.15, 0.2) is 18.2 Å². The smallest absolute Gasteiger partial charge is 0.407 e. The number of halogens is 2. The van der Waals surface area contributed by atoms with Gasteiger partial charge in [0.1, 0.15) is 0 Å². The minimum Gasteiger partial charge on any atom is -0.465 e. The molecule has 0 radical (unpaired) electrons. The maximum Gasteiger partial charge on any atom is 0.407 e. The number of aliphatic hydroxyl groups is 1. The van der Waals surface area contributed by atoms with E-state index in [-0.39, 0.29) is 17.9 Å². The molecule has 0 aromatic heterocycles. The molecule has 1 aromatic rings. The number of nitrogens with zero attached hydrogens (tertiary/aromatic N) is 1. The van der Waals surface area contributed by atoms with Crippen LogP contribution in [-0.2, 0) is 5.41 Å². The Balaban J connectivity index is 1.91. The first-order valence-corrected chi connectivity index (χ1v) is 7.30. The van der Waals surface area contributed by atoms with Crippen LogP contribution in [-0.4, -0.2) is 40.9 Å². The summed E-state index contributed by atoms with van der Waals surface area (Å²) in [5, 5.41) is 19.9. The van der Waals surface area contributed by atoms with Crippen LogP contribution >= 0.6 is 23.2 Å². The predicted molar refractivity (Wildman–Crippen MR) is 76.4 cm³/mol. The first-order chi connectivity index (χ1) is 9.50. The summed E-state index contributed by atoms with van der Waals surface area (Å²) in [7, 11) is 0. The van der Waals surface area contributed by atoms with Crippen molar-refractivity contribution in [3.63, 3.8) is 0 Å². The second-order valence-corrected chi connectivity index (χ2v) is 6.37. The molecule has 1 saturated heterocycles. The minimum atomic E-state index is -0.892. The molecule has 1 saturated carbocycles. The van der Waals surface area contributed by atoms with Gasteiger partial charge in [-0.15, -0.1) is 0 Å². The van der Waals surface area contributed by atoms with Crippen molar-refractivity contribution in [1.82, 2.24) is 4.90 Å². The van der Waals surface area contributed by atoms with Crippen LogP contribution in [0.5, 0.6) is 0 Å². The second kappa shape index (κ2) is 4.79. The largest absolute Gasteiger partial charge is 0.465 e. The average Bonchev–Trinajstić information content (AvgIpc) is 3.10. The monoisotopic (exact) mass is 315 g/mol. The van der Waals surface area contributed by atoms with Crippen LogP contribution in [0.1, 0.15) is 12.0 Å². The Morgan fingerprint density at radius 1 is 1.35 bits per heavy atom. The number of hydrogen-bond donors (Lipinski definition) is 2. The van der Waals surface area contributed by atoms with Gasteiger partial charge in [-0.1, -0.05) is 29.3 Å². The quantitative estimate of drug-likeness (QED) is 0.882. The second-order valence-electron chi connectivity index (χ2n) is 5.56. The van der Waals surface area contributed by atoms with Crippen LogP contribution in [0.4, 0.5) is 4.79 Å². The number of carbonyl (C=O) groups is 1. The maximum absolute atomic E-state index is 11.1. The third-order valence-electron chi connectivity index (χ3n) is 4.82. The number of carboxylic acid groups (broad SMARTS) is 1. The topological polar surface area (TPSA) is 60.8 Å². The van der Waals surface area contributed by atoms with Gasteiger partial charge in [0, 0.05) is 18.5 Å². The van der Waals surface area contributed by atoms with Crippen molar-refractivity contribution in [3.8, 4) is 0 Å². The summed E-state index contributed by atoms with van der Waals surface area (Å²) in [5.41, 5.74) is 0.593. The number of benzene rings is 1. The van der Waals surface area contributed by atoms with E-state index in [1.165, 1.54) is 4.90 Å². The third-order valence-corrected chi connectivity index (χ3v) is 5.56. The molecule has 1 aliphatic carbocycles. The highest BCUT2D eigenvalue weighted by atomic mass is 35.5. The molecule has 3 atom stereocenters. The average molecular weight is 316 g/mol. The van der Waals surface area contributed by atoms with Crippen LogP contribution in [0.2, 0.25) is 10.0 Å². The zero-order valence-electron chi connectivity index (χ0n) is 10.7. The Hall–Kier alpha value is -0.970. The van der Waals surface area contributed by atoms with E-state index in [2.05, 4.69) is 0 Å². The number of likely N-dealkylation sites (tertiary alicyclic amines) is 1. The zero-order valence-corrected chi connectivity index (χ0v) is 12.2. The molecule has 1 heterocycles. The Morgan fingerprint density at radius 2 is 2.10 bits per heavy atom. The van der Waals surface area contributed by atoms with Gasteiger partial charge in [0.25, 0.3) is 0 Å². The van der Waals surface area contributed by atoms with Gasteiger partial charge in [-0.25, -0.2) is 4.79 Å². The van der Waals surface area contributed by atoms with Crippen molar-refractivity contribution in [3.05, 3.63) is 33.8 Å². The van der Waals surface area contributed by atoms with E-state index < -0.39 is 6.09 Å². The summed E-state index contributed by atoms with van der Waals surface area (Å²) < 4.78 is 0. The standard InChI is InChI=1S/C14H15Cl2NO3/c15-11-2-1-8(5-12(11)16)14(7-18)9-3-4-17(13(19)20)6-10(9)14/h1-2,5,9-10,18H,3-4,6-7H2,(H,19,20)/t9-,10+,14+/m0/s1. The van der Waals surface area contributed by atoms with Crippen molar-refractivity contribution in [2.45, 2.75) is 11.8 Å². The van der Waals surface area contributed by atoms with Gasteiger partial charge in [0.2, 0.25) is 0 Å². The molecule has 0 unspecified atom stereocenters. The molecule has 108 valence electrons. The number of aliphatic hydroxyl groups excluding tert-OH is 1. The van der Waals surface area contributed by atoms with Gasteiger partial charge in [-0.2, -0.15) is 0 Å². The van der Waals surface area contributed by atoms with Crippen molar-refractivity contribution in [2.24, 2.45) is 11.8 Å². The number of piperidine rings is 1. The highest BCUT2D eigenvalue weighted by molar-refractivity contribution is 6.42. The lowest BCUT2D eigenvalue weighted by atomic mass is 9.92. The summed E-state index contributed by atoms with van der Waals surface area (Å²) in [6, 6.07) is 5.41. The van der Waals surface area contributed by atoms with E-state index in [0.29, 0.717) is 29.1 Å².